The summed E-state index contributed by atoms with van der Waals surface area (Å²) in [6.07, 6.45) is 2.34. The Labute approximate surface area is 145 Å². The standard InChI is InChI=1S/C16H21ClN4OS/c1-16(2,22)11-23-15-19-18-14(20-9-5-6-10-20)21(15)13-8-4-3-7-12(13)17/h3-4,7-8,22H,5-6,9-11H2,1-2H3. The van der Waals surface area contributed by atoms with Crippen LogP contribution in [0.25, 0.3) is 5.69 Å². The summed E-state index contributed by atoms with van der Waals surface area (Å²) < 4.78 is 2.00. The number of aliphatic hydroxyl groups is 1. The van der Waals surface area contributed by atoms with E-state index in [0.717, 1.165) is 29.9 Å². The maximum atomic E-state index is 10.00. The van der Waals surface area contributed by atoms with Crippen molar-refractivity contribution in [2.45, 2.75) is 37.4 Å². The summed E-state index contributed by atoms with van der Waals surface area (Å²) in [5.41, 5.74) is 0.106. The van der Waals surface area contributed by atoms with Crippen molar-refractivity contribution in [2.24, 2.45) is 0 Å². The van der Waals surface area contributed by atoms with Crippen LogP contribution < -0.4 is 4.90 Å². The van der Waals surface area contributed by atoms with Crippen LogP contribution in [-0.2, 0) is 0 Å². The first-order valence-electron chi connectivity index (χ1n) is 7.76. The zero-order chi connectivity index (χ0) is 16.4. The van der Waals surface area contributed by atoms with Crippen molar-refractivity contribution >= 4 is 29.3 Å². The first-order valence-corrected chi connectivity index (χ1v) is 9.12. The molecule has 0 unspecified atom stereocenters. The SMILES string of the molecule is CC(C)(O)CSc1nnc(N2CCCC2)n1-c1ccccc1Cl. The van der Waals surface area contributed by atoms with E-state index in [1.54, 1.807) is 13.8 Å². The zero-order valence-electron chi connectivity index (χ0n) is 13.4. The number of nitrogens with zero attached hydrogens (tertiary/aromatic N) is 4. The molecule has 23 heavy (non-hydrogen) atoms. The Hall–Kier alpha value is -1.24. The number of rotatable bonds is 5. The van der Waals surface area contributed by atoms with E-state index < -0.39 is 5.60 Å². The lowest BCUT2D eigenvalue weighted by atomic mass is 10.2. The summed E-state index contributed by atoms with van der Waals surface area (Å²) in [6.45, 7) is 5.55. The maximum absolute atomic E-state index is 10.00. The van der Waals surface area contributed by atoms with Gasteiger partial charge in [0, 0.05) is 18.8 Å². The topological polar surface area (TPSA) is 54.2 Å². The van der Waals surface area contributed by atoms with Crippen LogP contribution in [0.5, 0.6) is 0 Å². The largest absolute Gasteiger partial charge is 0.390 e. The summed E-state index contributed by atoms with van der Waals surface area (Å²) >= 11 is 7.89. The highest BCUT2D eigenvalue weighted by atomic mass is 35.5. The zero-order valence-corrected chi connectivity index (χ0v) is 14.9. The molecule has 1 fully saturated rings. The molecule has 1 aliphatic rings. The normalized spacial score (nSPS) is 15.4. The Kier molecular flexibility index (Phi) is 4.85. The monoisotopic (exact) mass is 352 g/mol. The summed E-state index contributed by atoms with van der Waals surface area (Å²) in [4.78, 5) is 2.24. The van der Waals surface area contributed by atoms with E-state index in [9.17, 15) is 5.11 Å². The molecule has 3 rings (SSSR count). The van der Waals surface area contributed by atoms with Gasteiger partial charge in [-0.1, -0.05) is 35.5 Å². The molecule has 1 aromatic carbocycles. The van der Waals surface area contributed by atoms with E-state index in [2.05, 4.69) is 15.1 Å². The molecule has 124 valence electrons. The van der Waals surface area contributed by atoms with Gasteiger partial charge in [-0.15, -0.1) is 10.2 Å². The molecule has 0 bridgehead atoms. The Morgan fingerprint density at radius 1 is 1.22 bits per heavy atom. The van der Waals surface area contributed by atoms with Crippen LogP contribution >= 0.6 is 23.4 Å². The van der Waals surface area contributed by atoms with Gasteiger partial charge in [-0.2, -0.15) is 0 Å². The van der Waals surface area contributed by atoms with Crippen LogP contribution in [0.15, 0.2) is 29.4 Å². The average molecular weight is 353 g/mol. The van der Waals surface area contributed by atoms with E-state index in [1.807, 2.05) is 28.8 Å². The number of halogens is 1. The summed E-state index contributed by atoms with van der Waals surface area (Å²) in [6, 6.07) is 7.71. The van der Waals surface area contributed by atoms with E-state index in [4.69, 9.17) is 11.6 Å². The van der Waals surface area contributed by atoms with Gasteiger partial charge >= 0.3 is 0 Å². The number of hydrogen-bond acceptors (Lipinski definition) is 5. The minimum atomic E-state index is -0.768. The second-order valence-corrected chi connectivity index (χ2v) is 7.71. The third-order valence-corrected chi connectivity index (χ3v) is 5.35. The second kappa shape index (κ2) is 6.71. The van der Waals surface area contributed by atoms with E-state index in [0.29, 0.717) is 10.8 Å². The fraction of sp³-hybridized carbons (Fsp3) is 0.500. The fourth-order valence-electron chi connectivity index (χ4n) is 2.56. The molecule has 0 amide bonds. The number of aromatic nitrogens is 3. The predicted molar refractivity (Wildman–Crippen MR) is 94.8 cm³/mol. The van der Waals surface area contributed by atoms with Crippen LogP contribution in [0.1, 0.15) is 26.7 Å². The molecule has 1 aliphatic heterocycles. The van der Waals surface area contributed by atoms with Crippen LogP contribution in [0.4, 0.5) is 5.95 Å². The number of hydrogen-bond donors (Lipinski definition) is 1. The van der Waals surface area contributed by atoms with Crippen molar-refractivity contribution in [3.05, 3.63) is 29.3 Å². The van der Waals surface area contributed by atoms with Gasteiger partial charge in [0.15, 0.2) is 5.16 Å². The van der Waals surface area contributed by atoms with Gasteiger partial charge in [0.25, 0.3) is 0 Å². The lowest BCUT2D eigenvalue weighted by molar-refractivity contribution is 0.107. The smallest absolute Gasteiger partial charge is 0.232 e. The molecule has 1 saturated heterocycles. The van der Waals surface area contributed by atoms with Crippen LogP contribution in [0.2, 0.25) is 5.02 Å². The van der Waals surface area contributed by atoms with Gasteiger partial charge < -0.3 is 10.0 Å². The summed E-state index contributed by atoms with van der Waals surface area (Å²) in [5, 5.41) is 20.2. The number of benzene rings is 1. The highest BCUT2D eigenvalue weighted by molar-refractivity contribution is 7.99. The highest BCUT2D eigenvalue weighted by Gasteiger charge is 2.24. The summed E-state index contributed by atoms with van der Waals surface area (Å²) in [5.74, 6) is 1.36. The van der Waals surface area contributed by atoms with Gasteiger partial charge in [0.05, 0.1) is 16.3 Å². The quantitative estimate of drug-likeness (QED) is 0.836. The summed E-state index contributed by atoms with van der Waals surface area (Å²) in [7, 11) is 0. The van der Waals surface area contributed by atoms with Crippen molar-refractivity contribution in [3.8, 4) is 5.69 Å². The van der Waals surface area contributed by atoms with Gasteiger partial charge in [0.2, 0.25) is 5.95 Å². The average Bonchev–Trinajstić information content (AvgIpc) is 3.14. The van der Waals surface area contributed by atoms with Gasteiger partial charge in [-0.25, -0.2) is 0 Å². The molecule has 0 aliphatic carbocycles. The van der Waals surface area contributed by atoms with Crippen molar-refractivity contribution in [1.82, 2.24) is 14.8 Å². The highest BCUT2D eigenvalue weighted by Crippen LogP contribution is 2.32. The van der Waals surface area contributed by atoms with E-state index >= 15 is 0 Å². The number of thioether (sulfide) groups is 1. The van der Waals surface area contributed by atoms with Crippen LogP contribution in [0.3, 0.4) is 0 Å². The minimum Gasteiger partial charge on any atom is -0.390 e. The Morgan fingerprint density at radius 2 is 1.91 bits per heavy atom. The first-order chi connectivity index (χ1) is 11.0. The first kappa shape index (κ1) is 16.6. The molecular weight excluding hydrogens is 332 g/mol. The third kappa shape index (κ3) is 3.82. The molecule has 2 aromatic rings. The van der Waals surface area contributed by atoms with Crippen LogP contribution in [-0.4, -0.2) is 44.3 Å². The van der Waals surface area contributed by atoms with Crippen molar-refractivity contribution in [3.63, 3.8) is 0 Å². The lowest BCUT2D eigenvalue weighted by Crippen LogP contribution is -2.23. The number of para-hydroxylation sites is 1. The maximum Gasteiger partial charge on any atom is 0.232 e. The number of anilines is 1. The molecule has 2 heterocycles. The van der Waals surface area contributed by atoms with E-state index in [-0.39, 0.29) is 0 Å². The Bertz CT molecular complexity index is 677. The minimum absolute atomic E-state index is 0.537. The fourth-order valence-corrected chi connectivity index (χ4v) is 3.67. The van der Waals surface area contributed by atoms with Crippen molar-refractivity contribution < 1.29 is 5.11 Å². The molecule has 1 N–H and O–H groups in total. The predicted octanol–water partition coefficient (Wildman–Crippen LogP) is 3.38. The Balaban J connectivity index is 2.01. The molecule has 1 aromatic heterocycles. The molecule has 0 spiro atoms. The molecular formula is C16H21ClN4OS. The second-order valence-electron chi connectivity index (χ2n) is 6.36. The van der Waals surface area contributed by atoms with Crippen LogP contribution in [0, 0.1) is 0 Å². The molecule has 0 atom stereocenters. The third-order valence-electron chi connectivity index (χ3n) is 3.65. The van der Waals surface area contributed by atoms with Crippen molar-refractivity contribution in [2.75, 3.05) is 23.7 Å². The Morgan fingerprint density at radius 3 is 2.57 bits per heavy atom. The van der Waals surface area contributed by atoms with Crippen molar-refractivity contribution in [1.29, 1.82) is 0 Å². The van der Waals surface area contributed by atoms with Gasteiger partial charge in [0.1, 0.15) is 0 Å². The molecule has 5 nitrogen and oxygen atoms in total. The molecule has 0 saturated carbocycles. The van der Waals surface area contributed by atoms with E-state index in [1.165, 1.54) is 24.6 Å². The molecule has 0 radical (unpaired) electrons. The van der Waals surface area contributed by atoms with Gasteiger partial charge in [-0.05, 0) is 38.8 Å². The molecule has 7 heteroatoms. The van der Waals surface area contributed by atoms with Gasteiger partial charge in [-0.3, -0.25) is 4.57 Å². The lowest BCUT2D eigenvalue weighted by Gasteiger charge is -2.20.